The van der Waals surface area contributed by atoms with Crippen LogP contribution >= 0.6 is 0 Å². The molecule has 3 unspecified atom stereocenters. The van der Waals surface area contributed by atoms with Gasteiger partial charge < -0.3 is 14.8 Å². The largest absolute Gasteiger partial charge is 0.383 e. The van der Waals surface area contributed by atoms with Crippen molar-refractivity contribution in [2.24, 2.45) is 5.92 Å². The summed E-state index contributed by atoms with van der Waals surface area (Å²) in [5.41, 5.74) is 0. The molecule has 1 aliphatic rings. The number of hydrogen-bond donors (Lipinski definition) is 1. The highest BCUT2D eigenvalue weighted by Crippen LogP contribution is 2.32. The lowest BCUT2D eigenvalue weighted by atomic mass is 9.77. The van der Waals surface area contributed by atoms with Gasteiger partial charge >= 0.3 is 0 Å². The van der Waals surface area contributed by atoms with Crippen LogP contribution in [0.3, 0.4) is 0 Å². The summed E-state index contributed by atoms with van der Waals surface area (Å²) >= 11 is 0. The van der Waals surface area contributed by atoms with Gasteiger partial charge in [-0.05, 0) is 38.8 Å². The van der Waals surface area contributed by atoms with Crippen LogP contribution < -0.4 is 5.32 Å². The van der Waals surface area contributed by atoms with Crippen LogP contribution in [0.4, 0.5) is 0 Å². The Balaban J connectivity index is 2.47. The van der Waals surface area contributed by atoms with Gasteiger partial charge in [0.25, 0.3) is 0 Å². The van der Waals surface area contributed by atoms with Crippen molar-refractivity contribution in [1.29, 1.82) is 0 Å². The van der Waals surface area contributed by atoms with Crippen molar-refractivity contribution in [3.8, 4) is 0 Å². The number of nitrogens with one attached hydrogen (secondary N) is 1. The van der Waals surface area contributed by atoms with E-state index in [1.807, 2.05) is 0 Å². The normalized spacial score (nSPS) is 25.2. The van der Waals surface area contributed by atoms with Crippen LogP contribution in [0.15, 0.2) is 0 Å². The van der Waals surface area contributed by atoms with Crippen LogP contribution in [0.25, 0.3) is 0 Å². The van der Waals surface area contributed by atoms with Gasteiger partial charge in [-0.2, -0.15) is 0 Å². The summed E-state index contributed by atoms with van der Waals surface area (Å²) < 4.78 is 10.5. The van der Waals surface area contributed by atoms with Crippen LogP contribution in [-0.2, 0) is 9.47 Å². The molecule has 0 bridgehead atoms. The van der Waals surface area contributed by atoms with Gasteiger partial charge in [-0.25, -0.2) is 0 Å². The average molecular weight is 258 g/mol. The fourth-order valence-electron chi connectivity index (χ4n) is 2.80. The molecule has 4 heteroatoms. The summed E-state index contributed by atoms with van der Waals surface area (Å²) in [6.45, 7) is 9.24. The molecule has 1 N–H and O–H groups in total. The van der Waals surface area contributed by atoms with Crippen molar-refractivity contribution < 1.29 is 9.47 Å². The molecule has 0 heterocycles. The van der Waals surface area contributed by atoms with Crippen LogP contribution in [0, 0.1) is 5.92 Å². The number of nitrogens with zero attached hydrogens (tertiary/aromatic N) is 1. The summed E-state index contributed by atoms with van der Waals surface area (Å²) in [4.78, 5) is 2.57. The third kappa shape index (κ3) is 4.50. The molecule has 1 aliphatic carbocycles. The van der Waals surface area contributed by atoms with Crippen molar-refractivity contribution in [3.05, 3.63) is 0 Å². The smallest absolute Gasteiger partial charge is 0.0615 e. The first-order valence-corrected chi connectivity index (χ1v) is 7.18. The van der Waals surface area contributed by atoms with E-state index in [1.165, 1.54) is 12.8 Å². The second-order valence-corrected chi connectivity index (χ2v) is 5.25. The second kappa shape index (κ2) is 8.86. The Morgan fingerprint density at radius 1 is 1.28 bits per heavy atom. The van der Waals surface area contributed by atoms with Crippen molar-refractivity contribution in [3.63, 3.8) is 0 Å². The van der Waals surface area contributed by atoms with E-state index in [0.717, 1.165) is 38.8 Å². The Bertz CT molecular complexity index is 214. The van der Waals surface area contributed by atoms with E-state index < -0.39 is 0 Å². The van der Waals surface area contributed by atoms with E-state index >= 15 is 0 Å². The first-order chi connectivity index (χ1) is 8.74. The van der Waals surface area contributed by atoms with Gasteiger partial charge in [-0.1, -0.05) is 6.92 Å². The summed E-state index contributed by atoms with van der Waals surface area (Å²) in [5, 5.41) is 3.47. The fraction of sp³-hybridized carbons (Fsp3) is 1.00. The average Bonchev–Trinajstić information content (AvgIpc) is 2.33. The number of methoxy groups -OCH3 is 2. The van der Waals surface area contributed by atoms with Gasteiger partial charge in [-0.15, -0.1) is 0 Å². The molecule has 1 fully saturated rings. The molecule has 108 valence electrons. The summed E-state index contributed by atoms with van der Waals surface area (Å²) in [6.07, 6.45) is 2.66. The standard InChI is InChI=1S/C14H30N2O2/c1-5-15-10-13-6-7-14(13)16(8-9-17-3)12(2)11-18-4/h12-15H,5-11H2,1-4H3. The van der Waals surface area contributed by atoms with Gasteiger partial charge in [0.05, 0.1) is 13.2 Å². The van der Waals surface area contributed by atoms with Crippen molar-refractivity contribution in [1.82, 2.24) is 10.2 Å². The van der Waals surface area contributed by atoms with Crippen LogP contribution in [0.2, 0.25) is 0 Å². The monoisotopic (exact) mass is 258 g/mol. The highest BCUT2D eigenvalue weighted by molar-refractivity contribution is 4.91. The summed E-state index contributed by atoms with van der Waals surface area (Å²) in [5.74, 6) is 0.793. The SMILES string of the molecule is CCNCC1CCC1N(CCOC)C(C)COC. The maximum Gasteiger partial charge on any atom is 0.0615 e. The van der Waals surface area contributed by atoms with E-state index in [1.54, 1.807) is 14.2 Å². The summed E-state index contributed by atoms with van der Waals surface area (Å²) in [7, 11) is 3.55. The Kier molecular flexibility index (Phi) is 7.82. The molecule has 1 rings (SSSR count). The van der Waals surface area contributed by atoms with Gasteiger partial charge in [0.2, 0.25) is 0 Å². The molecule has 3 atom stereocenters. The molecule has 4 nitrogen and oxygen atoms in total. The lowest BCUT2D eigenvalue weighted by Gasteiger charge is -2.47. The fourth-order valence-corrected chi connectivity index (χ4v) is 2.80. The Hall–Kier alpha value is -0.160. The zero-order chi connectivity index (χ0) is 13.4. The number of ether oxygens (including phenoxy) is 2. The van der Waals surface area contributed by atoms with E-state index in [9.17, 15) is 0 Å². The third-order valence-electron chi connectivity index (χ3n) is 3.99. The highest BCUT2D eigenvalue weighted by atomic mass is 16.5. The van der Waals surface area contributed by atoms with Gasteiger partial charge in [0.15, 0.2) is 0 Å². The van der Waals surface area contributed by atoms with Crippen molar-refractivity contribution in [2.75, 3.05) is 47.1 Å². The maximum atomic E-state index is 5.30. The molecule has 0 spiro atoms. The lowest BCUT2D eigenvalue weighted by Crippen LogP contribution is -2.55. The first kappa shape index (κ1) is 15.9. The first-order valence-electron chi connectivity index (χ1n) is 7.18. The second-order valence-electron chi connectivity index (χ2n) is 5.25. The molecule has 0 aromatic carbocycles. The molecule has 18 heavy (non-hydrogen) atoms. The van der Waals surface area contributed by atoms with Crippen LogP contribution in [0.5, 0.6) is 0 Å². The Labute approximate surface area is 112 Å². The molecule has 0 saturated heterocycles. The molecule has 0 aromatic heterocycles. The molecule has 0 radical (unpaired) electrons. The van der Waals surface area contributed by atoms with Crippen LogP contribution in [0.1, 0.15) is 26.7 Å². The van der Waals surface area contributed by atoms with Gasteiger partial charge in [-0.3, -0.25) is 4.90 Å². The molecule has 0 aliphatic heterocycles. The minimum absolute atomic E-state index is 0.472. The molecule has 0 amide bonds. The molecule has 0 aromatic rings. The number of rotatable bonds is 10. The minimum atomic E-state index is 0.472. The molecule has 1 saturated carbocycles. The number of hydrogen-bond acceptors (Lipinski definition) is 4. The van der Waals surface area contributed by atoms with Crippen LogP contribution in [-0.4, -0.2) is 64.1 Å². The predicted molar refractivity (Wildman–Crippen MR) is 75.0 cm³/mol. The van der Waals surface area contributed by atoms with Crippen molar-refractivity contribution in [2.45, 2.75) is 38.8 Å². The minimum Gasteiger partial charge on any atom is -0.383 e. The topological polar surface area (TPSA) is 33.7 Å². The highest BCUT2D eigenvalue weighted by Gasteiger charge is 2.36. The quantitative estimate of drug-likeness (QED) is 0.641. The lowest BCUT2D eigenvalue weighted by molar-refractivity contribution is -0.00922. The Morgan fingerprint density at radius 3 is 2.56 bits per heavy atom. The maximum absolute atomic E-state index is 5.30. The predicted octanol–water partition coefficient (Wildman–Crippen LogP) is 1.36. The van der Waals surface area contributed by atoms with E-state index in [2.05, 4.69) is 24.1 Å². The zero-order valence-electron chi connectivity index (χ0n) is 12.4. The molecular formula is C14H30N2O2. The van der Waals surface area contributed by atoms with E-state index in [0.29, 0.717) is 12.1 Å². The Morgan fingerprint density at radius 2 is 2.06 bits per heavy atom. The van der Waals surface area contributed by atoms with Gasteiger partial charge in [0.1, 0.15) is 0 Å². The molecular weight excluding hydrogens is 228 g/mol. The van der Waals surface area contributed by atoms with Crippen molar-refractivity contribution >= 4 is 0 Å². The van der Waals surface area contributed by atoms with Gasteiger partial charge in [0, 0.05) is 32.8 Å². The van der Waals surface area contributed by atoms with E-state index in [-0.39, 0.29) is 0 Å². The van der Waals surface area contributed by atoms with E-state index in [4.69, 9.17) is 9.47 Å². The zero-order valence-corrected chi connectivity index (χ0v) is 12.4. The summed E-state index contributed by atoms with van der Waals surface area (Å²) in [6, 6.07) is 1.17. The third-order valence-corrected chi connectivity index (χ3v) is 3.99.